The maximum absolute atomic E-state index is 13.1. The van der Waals surface area contributed by atoms with Crippen molar-refractivity contribution in [2.24, 2.45) is 0 Å². The fraction of sp³-hybridized carbons (Fsp3) is 0.278. The summed E-state index contributed by atoms with van der Waals surface area (Å²) >= 11 is 5.91. The van der Waals surface area contributed by atoms with Crippen molar-refractivity contribution in [3.8, 4) is 0 Å². The van der Waals surface area contributed by atoms with Gasteiger partial charge < -0.3 is 5.32 Å². The van der Waals surface area contributed by atoms with Crippen LogP contribution in [0.1, 0.15) is 18.4 Å². The van der Waals surface area contributed by atoms with Crippen LogP contribution in [0.2, 0.25) is 5.02 Å². The van der Waals surface area contributed by atoms with Gasteiger partial charge in [-0.3, -0.25) is 4.79 Å². The normalized spacial score (nSPS) is 14.4. The molecule has 1 amide bonds. The topological polar surface area (TPSA) is 66.5 Å². The number of rotatable bonds is 7. The average molecular weight is 397 g/mol. The Kier molecular flexibility index (Phi) is 5.60. The van der Waals surface area contributed by atoms with Gasteiger partial charge in [-0.15, -0.1) is 0 Å². The highest BCUT2D eigenvalue weighted by Crippen LogP contribution is 2.22. The molecule has 2 aromatic carbocycles. The first-order chi connectivity index (χ1) is 12.3. The lowest BCUT2D eigenvalue weighted by molar-refractivity contribution is -0.121. The number of hydrogen-bond acceptors (Lipinski definition) is 3. The van der Waals surface area contributed by atoms with E-state index >= 15 is 0 Å². The molecule has 1 aliphatic carbocycles. The third kappa shape index (κ3) is 4.81. The summed E-state index contributed by atoms with van der Waals surface area (Å²) in [7, 11) is -3.95. The predicted octanol–water partition coefficient (Wildman–Crippen LogP) is 2.95. The van der Waals surface area contributed by atoms with Gasteiger partial charge in [0.25, 0.3) is 0 Å². The highest BCUT2D eigenvalue weighted by atomic mass is 35.5. The number of sulfonamides is 1. The Labute approximate surface area is 156 Å². The van der Waals surface area contributed by atoms with Crippen LogP contribution in [-0.2, 0) is 21.4 Å². The van der Waals surface area contributed by atoms with Crippen LogP contribution in [0.3, 0.4) is 0 Å². The molecule has 1 fully saturated rings. The molecule has 1 N–H and O–H groups in total. The van der Waals surface area contributed by atoms with Gasteiger partial charge in [-0.25, -0.2) is 12.8 Å². The molecule has 8 heteroatoms. The summed E-state index contributed by atoms with van der Waals surface area (Å²) in [5, 5.41) is 3.07. The number of carbonyl (C=O) groups is 1. The molecule has 0 spiro atoms. The van der Waals surface area contributed by atoms with E-state index in [1.807, 2.05) is 0 Å². The molecule has 0 unspecified atom stereocenters. The first kappa shape index (κ1) is 18.8. The van der Waals surface area contributed by atoms with Crippen LogP contribution in [0, 0.1) is 5.82 Å². The molecular weight excluding hydrogens is 379 g/mol. The molecule has 0 atom stereocenters. The maximum Gasteiger partial charge on any atom is 0.243 e. The van der Waals surface area contributed by atoms with Crippen molar-refractivity contribution in [1.82, 2.24) is 9.62 Å². The van der Waals surface area contributed by atoms with Gasteiger partial charge in [0.05, 0.1) is 11.4 Å². The number of benzene rings is 2. The minimum absolute atomic E-state index is 0.00586. The smallest absolute Gasteiger partial charge is 0.243 e. The van der Waals surface area contributed by atoms with E-state index in [9.17, 15) is 17.6 Å². The number of carbonyl (C=O) groups excluding carboxylic acids is 1. The summed E-state index contributed by atoms with van der Waals surface area (Å²) < 4.78 is 40.2. The molecule has 138 valence electrons. The second-order valence-electron chi connectivity index (χ2n) is 6.20. The lowest BCUT2D eigenvalue weighted by atomic mass is 10.2. The third-order valence-electron chi connectivity index (χ3n) is 3.97. The van der Waals surface area contributed by atoms with Crippen LogP contribution in [0.5, 0.6) is 0 Å². The summed E-state index contributed by atoms with van der Waals surface area (Å²) in [5.41, 5.74) is 0.580. The van der Waals surface area contributed by atoms with Crippen molar-refractivity contribution in [3.05, 3.63) is 64.9 Å². The number of amides is 1. The molecule has 26 heavy (non-hydrogen) atoms. The van der Waals surface area contributed by atoms with E-state index in [0.717, 1.165) is 17.1 Å². The summed E-state index contributed by atoms with van der Waals surface area (Å²) in [5.74, 6) is -0.773. The standard InChI is InChI=1S/C18H18ClFN2O3S/c19-14-2-1-3-17(10-14)26(24,25)22(12-18(23)21-16-8-9-16)11-13-4-6-15(20)7-5-13/h1-7,10,16H,8-9,11-12H2,(H,21,23). The number of nitrogens with zero attached hydrogens (tertiary/aromatic N) is 1. The van der Waals surface area contributed by atoms with Crippen LogP contribution >= 0.6 is 11.6 Å². The minimum Gasteiger partial charge on any atom is -0.352 e. The molecule has 0 heterocycles. The number of hydrogen-bond donors (Lipinski definition) is 1. The molecular formula is C18H18ClFN2O3S. The van der Waals surface area contributed by atoms with E-state index in [-0.39, 0.29) is 35.0 Å². The highest BCUT2D eigenvalue weighted by Gasteiger charge is 2.29. The van der Waals surface area contributed by atoms with Crippen molar-refractivity contribution in [2.45, 2.75) is 30.3 Å². The van der Waals surface area contributed by atoms with Crippen LogP contribution < -0.4 is 5.32 Å². The van der Waals surface area contributed by atoms with Crippen LogP contribution in [0.15, 0.2) is 53.4 Å². The lowest BCUT2D eigenvalue weighted by Crippen LogP contribution is -2.41. The van der Waals surface area contributed by atoms with Gasteiger partial charge in [-0.2, -0.15) is 4.31 Å². The van der Waals surface area contributed by atoms with Crippen LogP contribution in [0.25, 0.3) is 0 Å². The SMILES string of the molecule is O=C(CN(Cc1ccc(F)cc1)S(=O)(=O)c1cccc(Cl)c1)NC1CC1. The van der Waals surface area contributed by atoms with Crippen LogP contribution in [-0.4, -0.2) is 31.2 Å². The summed E-state index contributed by atoms with van der Waals surface area (Å²) in [6.07, 6.45) is 1.81. The Hall–Kier alpha value is -1.96. The minimum atomic E-state index is -3.95. The Morgan fingerprint density at radius 2 is 1.88 bits per heavy atom. The molecule has 0 saturated heterocycles. The van der Waals surface area contributed by atoms with E-state index in [4.69, 9.17) is 11.6 Å². The van der Waals surface area contributed by atoms with E-state index in [0.29, 0.717) is 5.56 Å². The Morgan fingerprint density at radius 1 is 1.19 bits per heavy atom. The molecule has 0 bridgehead atoms. The van der Waals surface area contributed by atoms with E-state index in [2.05, 4.69) is 5.32 Å². The second-order valence-corrected chi connectivity index (χ2v) is 8.57. The van der Waals surface area contributed by atoms with Gasteiger partial charge in [0.1, 0.15) is 5.82 Å². The molecule has 1 aliphatic rings. The molecule has 0 radical (unpaired) electrons. The first-order valence-corrected chi connectivity index (χ1v) is 9.96. The molecule has 5 nitrogen and oxygen atoms in total. The highest BCUT2D eigenvalue weighted by molar-refractivity contribution is 7.89. The summed E-state index contributed by atoms with van der Waals surface area (Å²) in [6.45, 7) is -0.365. The summed E-state index contributed by atoms with van der Waals surface area (Å²) in [4.78, 5) is 12.2. The third-order valence-corrected chi connectivity index (χ3v) is 5.99. The predicted molar refractivity (Wildman–Crippen MR) is 96.6 cm³/mol. The largest absolute Gasteiger partial charge is 0.352 e. The zero-order valence-electron chi connectivity index (χ0n) is 13.9. The van der Waals surface area contributed by atoms with Crippen molar-refractivity contribution in [1.29, 1.82) is 0 Å². The number of nitrogens with one attached hydrogen (secondary N) is 1. The van der Waals surface area contributed by atoms with E-state index in [1.54, 1.807) is 6.07 Å². The molecule has 3 rings (SSSR count). The monoisotopic (exact) mass is 396 g/mol. The Morgan fingerprint density at radius 3 is 2.50 bits per heavy atom. The van der Waals surface area contributed by atoms with Crippen molar-refractivity contribution in [3.63, 3.8) is 0 Å². The Bertz CT molecular complexity index is 899. The molecule has 1 saturated carbocycles. The van der Waals surface area contributed by atoms with Crippen molar-refractivity contribution >= 4 is 27.5 Å². The lowest BCUT2D eigenvalue weighted by Gasteiger charge is -2.22. The van der Waals surface area contributed by atoms with Crippen LogP contribution in [0.4, 0.5) is 4.39 Å². The average Bonchev–Trinajstić information content (AvgIpc) is 3.40. The molecule has 2 aromatic rings. The first-order valence-electron chi connectivity index (χ1n) is 8.14. The fourth-order valence-electron chi connectivity index (χ4n) is 2.46. The summed E-state index contributed by atoms with van der Waals surface area (Å²) in [6, 6.07) is 11.5. The van der Waals surface area contributed by atoms with Gasteiger partial charge in [0.15, 0.2) is 0 Å². The van der Waals surface area contributed by atoms with Gasteiger partial charge >= 0.3 is 0 Å². The Balaban J connectivity index is 1.87. The van der Waals surface area contributed by atoms with Gasteiger partial charge in [0, 0.05) is 17.6 Å². The maximum atomic E-state index is 13.1. The zero-order valence-corrected chi connectivity index (χ0v) is 15.4. The molecule has 0 aliphatic heterocycles. The quantitative estimate of drug-likeness (QED) is 0.782. The van der Waals surface area contributed by atoms with E-state index in [1.165, 1.54) is 42.5 Å². The van der Waals surface area contributed by atoms with Crippen molar-refractivity contribution in [2.75, 3.05) is 6.54 Å². The van der Waals surface area contributed by atoms with Gasteiger partial charge in [-0.1, -0.05) is 29.8 Å². The van der Waals surface area contributed by atoms with Crippen molar-refractivity contribution < 1.29 is 17.6 Å². The fourth-order valence-corrected chi connectivity index (χ4v) is 4.14. The molecule has 0 aromatic heterocycles. The zero-order chi connectivity index (χ0) is 18.7. The van der Waals surface area contributed by atoms with Gasteiger partial charge in [0.2, 0.25) is 15.9 Å². The van der Waals surface area contributed by atoms with E-state index < -0.39 is 15.8 Å². The second kappa shape index (κ2) is 7.73. The van der Waals surface area contributed by atoms with Gasteiger partial charge in [-0.05, 0) is 48.7 Å². The number of halogens is 2.